The molecular weight excluding hydrogens is 207 g/mol. The molecule has 0 fully saturated rings. The zero-order valence-electron chi connectivity index (χ0n) is 6.38. The van der Waals surface area contributed by atoms with Gasteiger partial charge < -0.3 is 0 Å². The summed E-state index contributed by atoms with van der Waals surface area (Å²) in [5.41, 5.74) is 0.0602. The molecule has 68 valence electrons. The summed E-state index contributed by atoms with van der Waals surface area (Å²) in [4.78, 5) is -0.549. The van der Waals surface area contributed by atoms with Gasteiger partial charge in [0.25, 0.3) is 0 Å². The number of hydrogen-bond donors (Lipinski definition) is 0. The maximum Gasteiger partial charge on any atom is 0.337 e. The molecule has 1 aromatic rings. The van der Waals surface area contributed by atoms with Gasteiger partial charge in [0.2, 0.25) is 0 Å². The number of aryl methyl sites for hydroxylation is 2. The minimum absolute atomic E-state index is 0.0602. The molecule has 1 rings (SSSR count). The molecule has 0 N–H and O–H groups in total. The first-order chi connectivity index (χ1) is 5.34. The van der Waals surface area contributed by atoms with Gasteiger partial charge in [-0.25, -0.2) is 0 Å². The number of hydrogen-bond acceptors (Lipinski definition) is 3. The first-order valence-corrected chi connectivity index (χ1v) is 4.74. The zero-order chi connectivity index (χ0) is 9.52. The van der Waals surface area contributed by atoms with Crippen LogP contribution >= 0.6 is 11.6 Å². The molecule has 0 saturated carbocycles. The van der Waals surface area contributed by atoms with E-state index in [1.54, 1.807) is 0 Å². The van der Waals surface area contributed by atoms with Crippen molar-refractivity contribution in [2.45, 2.75) is 11.8 Å². The number of nitrogens with zero attached hydrogens (tertiary/aromatic N) is 2. The molecule has 0 radical (unpaired) electrons. The van der Waals surface area contributed by atoms with Crippen molar-refractivity contribution < 1.29 is 12.3 Å². The van der Waals surface area contributed by atoms with Crippen molar-refractivity contribution in [3.63, 3.8) is 0 Å². The monoisotopic (exact) mass is 212 g/mol. The lowest BCUT2D eigenvalue weighted by atomic mass is 10.5. The van der Waals surface area contributed by atoms with E-state index in [-0.39, 0.29) is 10.8 Å². The molecule has 0 bridgehead atoms. The highest BCUT2D eigenvalue weighted by molar-refractivity contribution is 7.86. The van der Waals surface area contributed by atoms with E-state index >= 15 is 0 Å². The van der Waals surface area contributed by atoms with Gasteiger partial charge in [-0.15, -0.1) is 3.89 Å². The lowest BCUT2D eigenvalue weighted by molar-refractivity contribution is 0.551. The summed E-state index contributed by atoms with van der Waals surface area (Å²) >= 11 is 5.48. The lowest BCUT2D eigenvalue weighted by Crippen LogP contribution is -1.93. The second kappa shape index (κ2) is 2.70. The molecule has 0 amide bonds. The summed E-state index contributed by atoms with van der Waals surface area (Å²) < 4.78 is 34.6. The summed E-state index contributed by atoms with van der Waals surface area (Å²) in [6.07, 6.45) is 0. The molecule has 7 heteroatoms. The summed E-state index contributed by atoms with van der Waals surface area (Å²) in [5.74, 6) is 0. The highest BCUT2D eigenvalue weighted by Crippen LogP contribution is 2.25. The topological polar surface area (TPSA) is 52.0 Å². The van der Waals surface area contributed by atoms with Gasteiger partial charge in [0.15, 0.2) is 4.90 Å². The van der Waals surface area contributed by atoms with Gasteiger partial charge >= 0.3 is 10.2 Å². The third-order valence-electron chi connectivity index (χ3n) is 1.34. The van der Waals surface area contributed by atoms with Crippen LogP contribution in [0.15, 0.2) is 4.90 Å². The SMILES string of the molecule is Cc1nn(C)c(Cl)c1S(=O)(=O)F. The molecule has 0 aliphatic rings. The fourth-order valence-corrected chi connectivity index (χ4v) is 2.07. The zero-order valence-corrected chi connectivity index (χ0v) is 7.95. The van der Waals surface area contributed by atoms with Crippen molar-refractivity contribution >= 4 is 21.8 Å². The second-order valence-corrected chi connectivity index (χ2v) is 3.91. The Hall–Kier alpha value is -0.620. The molecule has 0 saturated heterocycles. The van der Waals surface area contributed by atoms with E-state index in [4.69, 9.17) is 11.6 Å². The largest absolute Gasteiger partial charge is 0.337 e. The Kier molecular flexibility index (Phi) is 2.13. The maximum absolute atomic E-state index is 12.5. The first-order valence-electron chi connectivity index (χ1n) is 2.98. The Balaban J connectivity index is 3.54. The molecule has 0 aromatic carbocycles. The number of rotatable bonds is 1. The van der Waals surface area contributed by atoms with E-state index in [0.717, 1.165) is 4.68 Å². The fourth-order valence-electron chi connectivity index (χ4n) is 0.888. The van der Waals surface area contributed by atoms with Gasteiger partial charge in [-0.1, -0.05) is 11.6 Å². The van der Waals surface area contributed by atoms with E-state index < -0.39 is 15.1 Å². The average Bonchev–Trinajstić information content (AvgIpc) is 2.05. The van der Waals surface area contributed by atoms with Gasteiger partial charge in [-0.3, -0.25) is 4.68 Å². The minimum atomic E-state index is -4.76. The molecule has 4 nitrogen and oxygen atoms in total. The van der Waals surface area contributed by atoms with Crippen LogP contribution in [-0.4, -0.2) is 18.2 Å². The van der Waals surface area contributed by atoms with Gasteiger partial charge in [0.1, 0.15) is 5.15 Å². The molecule has 0 aliphatic carbocycles. The molecule has 12 heavy (non-hydrogen) atoms. The third kappa shape index (κ3) is 1.44. The quantitative estimate of drug-likeness (QED) is 0.654. The Morgan fingerprint density at radius 2 is 2.08 bits per heavy atom. The Morgan fingerprint density at radius 1 is 1.58 bits per heavy atom. The van der Waals surface area contributed by atoms with E-state index in [2.05, 4.69) is 5.10 Å². The van der Waals surface area contributed by atoms with Crippen LogP contribution in [0.1, 0.15) is 5.69 Å². The van der Waals surface area contributed by atoms with Crippen LogP contribution in [0.25, 0.3) is 0 Å². The van der Waals surface area contributed by atoms with Crippen molar-refractivity contribution in [1.29, 1.82) is 0 Å². The highest BCUT2D eigenvalue weighted by atomic mass is 35.5. The van der Waals surface area contributed by atoms with Crippen molar-refractivity contribution in [3.8, 4) is 0 Å². The summed E-state index contributed by atoms with van der Waals surface area (Å²) in [7, 11) is -3.32. The van der Waals surface area contributed by atoms with Crippen LogP contribution in [0.4, 0.5) is 3.89 Å². The Bertz CT molecular complexity index is 411. The van der Waals surface area contributed by atoms with Crippen LogP contribution in [0.3, 0.4) is 0 Å². The first kappa shape index (κ1) is 9.47. The third-order valence-corrected chi connectivity index (χ3v) is 2.87. The molecular formula is C5H6ClFN2O2S. The van der Waals surface area contributed by atoms with E-state index in [9.17, 15) is 12.3 Å². The summed E-state index contributed by atoms with van der Waals surface area (Å²) in [5, 5.41) is 3.43. The van der Waals surface area contributed by atoms with Crippen LogP contribution < -0.4 is 0 Å². The average molecular weight is 213 g/mol. The highest BCUT2D eigenvalue weighted by Gasteiger charge is 2.24. The van der Waals surface area contributed by atoms with Crippen LogP contribution in [-0.2, 0) is 17.3 Å². The molecule has 1 heterocycles. The van der Waals surface area contributed by atoms with E-state index in [1.165, 1.54) is 14.0 Å². The van der Waals surface area contributed by atoms with E-state index in [1.807, 2.05) is 0 Å². The van der Waals surface area contributed by atoms with Crippen LogP contribution in [0.2, 0.25) is 5.15 Å². The Morgan fingerprint density at radius 3 is 2.25 bits per heavy atom. The Labute approximate surface area is 74.2 Å². The van der Waals surface area contributed by atoms with Crippen LogP contribution in [0, 0.1) is 6.92 Å². The minimum Gasteiger partial charge on any atom is -0.255 e. The lowest BCUT2D eigenvalue weighted by Gasteiger charge is -1.91. The summed E-state index contributed by atoms with van der Waals surface area (Å²) in [6, 6.07) is 0. The molecule has 0 aliphatic heterocycles. The second-order valence-electron chi connectivity index (χ2n) is 2.27. The van der Waals surface area contributed by atoms with Crippen molar-refractivity contribution in [2.75, 3.05) is 0 Å². The number of aromatic nitrogens is 2. The fraction of sp³-hybridized carbons (Fsp3) is 0.400. The molecule has 0 unspecified atom stereocenters. The van der Waals surface area contributed by atoms with Crippen molar-refractivity contribution in [3.05, 3.63) is 10.8 Å². The smallest absolute Gasteiger partial charge is 0.255 e. The van der Waals surface area contributed by atoms with Crippen molar-refractivity contribution in [2.24, 2.45) is 7.05 Å². The van der Waals surface area contributed by atoms with Crippen molar-refractivity contribution in [1.82, 2.24) is 9.78 Å². The van der Waals surface area contributed by atoms with Crippen LogP contribution in [0.5, 0.6) is 0 Å². The van der Waals surface area contributed by atoms with E-state index in [0.29, 0.717) is 0 Å². The van der Waals surface area contributed by atoms with Gasteiger partial charge in [0, 0.05) is 7.05 Å². The van der Waals surface area contributed by atoms with Gasteiger partial charge in [-0.2, -0.15) is 13.5 Å². The maximum atomic E-state index is 12.5. The predicted octanol–water partition coefficient (Wildman–Crippen LogP) is 1.04. The number of halogens is 2. The molecule has 0 atom stereocenters. The predicted molar refractivity (Wildman–Crippen MR) is 41.2 cm³/mol. The molecule has 0 spiro atoms. The summed E-state index contributed by atoms with van der Waals surface area (Å²) in [6.45, 7) is 1.37. The normalized spacial score (nSPS) is 12.0. The standard InChI is InChI=1S/C5H6ClFN2O2S/c1-3-4(12(7,10)11)5(6)9(2)8-3/h1-2H3. The van der Waals surface area contributed by atoms with Gasteiger partial charge in [-0.05, 0) is 6.92 Å². The van der Waals surface area contributed by atoms with Gasteiger partial charge in [0.05, 0.1) is 5.69 Å². The molecule has 1 aromatic heterocycles.